The number of nitrogens with two attached hydrogens (primary N) is 1. The summed E-state index contributed by atoms with van der Waals surface area (Å²) in [5, 5.41) is 11.1. The number of ether oxygens (including phenoxy) is 1. The summed E-state index contributed by atoms with van der Waals surface area (Å²) in [5.74, 6) is -2.25. The molecular weight excluding hydrogens is 466 g/mol. The second-order valence-electron chi connectivity index (χ2n) is 10.2. The Balaban J connectivity index is 1.75. The number of hydrogen-bond acceptors (Lipinski definition) is 7. The van der Waals surface area contributed by atoms with Gasteiger partial charge in [-0.2, -0.15) is 0 Å². The first kappa shape index (κ1) is 22.5. The first-order valence-corrected chi connectivity index (χ1v) is 11.7. The van der Waals surface area contributed by atoms with Crippen LogP contribution in [0.1, 0.15) is 37.5 Å². The number of allylic oxidation sites excluding steroid dienone is 1. The Labute approximate surface area is 206 Å². The maximum absolute atomic E-state index is 14.2. The van der Waals surface area contributed by atoms with E-state index in [4.69, 9.17) is 10.5 Å². The number of aromatic amines is 1. The Kier molecular flexibility index (Phi) is 4.27. The number of urea groups is 1. The minimum atomic E-state index is -2.23. The molecule has 0 saturated carbocycles. The first-order chi connectivity index (χ1) is 17.0. The number of hydrogen-bond donors (Lipinski definition) is 3. The second-order valence-corrected chi connectivity index (χ2v) is 10.2. The predicted molar refractivity (Wildman–Crippen MR) is 129 cm³/mol. The number of aromatic nitrogens is 1. The molecule has 3 aliphatic heterocycles. The van der Waals surface area contributed by atoms with Gasteiger partial charge in [0, 0.05) is 49.5 Å². The molecular formula is C25H26N5O6+. The summed E-state index contributed by atoms with van der Waals surface area (Å²) in [6, 6.07) is 0.871. The van der Waals surface area contributed by atoms with E-state index in [0.717, 1.165) is 21.1 Å². The zero-order valence-corrected chi connectivity index (χ0v) is 20.4. The number of likely N-dealkylation sites (N-methyl/N-ethyl adjacent to an activating group) is 3. The molecule has 1 aromatic carbocycles. The second kappa shape index (κ2) is 6.83. The number of H-pyrrole nitrogens is 1. The van der Waals surface area contributed by atoms with Gasteiger partial charge in [0.2, 0.25) is 5.78 Å². The van der Waals surface area contributed by atoms with Crippen LogP contribution in [0.5, 0.6) is 11.5 Å². The molecule has 6 rings (SSSR count). The Morgan fingerprint density at radius 2 is 1.89 bits per heavy atom. The van der Waals surface area contributed by atoms with Crippen LogP contribution in [-0.2, 0) is 17.6 Å². The molecule has 0 bridgehead atoms. The SMILES string of the molecule is CN1C(=O)N(C)[C@]2(Oc3c(O)cc4c(c3C3=C2C(=O)c2c(CCN)c[nH]c2C3=O)CC[N+]4(C)C)C1=O. The summed E-state index contributed by atoms with van der Waals surface area (Å²) >= 11 is 0. The summed E-state index contributed by atoms with van der Waals surface area (Å²) in [6.45, 7) is 0.951. The van der Waals surface area contributed by atoms with Crippen molar-refractivity contribution in [3.05, 3.63) is 45.8 Å². The van der Waals surface area contributed by atoms with E-state index in [0.29, 0.717) is 35.0 Å². The number of phenolic OH excluding ortho intramolecular Hbond substituents is 1. The number of imide groups is 1. The number of Topliss-reactive ketones (excluding diaryl/α,β-unsaturated/α-hetero) is 2. The third-order valence-corrected chi connectivity index (χ3v) is 7.93. The number of carbonyl (C=O) groups excluding carboxylic acids is 4. The number of aromatic hydroxyl groups is 1. The van der Waals surface area contributed by atoms with Crippen LogP contribution < -0.4 is 15.0 Å². The number of ketones is 2. The van der Waals surface area contributed by atoms with Gasteiger partial charge in [0.25, 0.3) is 5.72 Å². The highest BCUT2D eigenvalue weighted by atomic mass is 16.5. The van der Waals surface area contributed by atoms with E-state index in [1.54, 1.807) is 12.3 Å². The van der Waals surface area contributed by atoms with E-state index in [1.165, 1.54) is 14.1 Å². The number of benzene rings is 1. The fourth-order valence-electron chi connectivity index (χ4n) is 6.05. The van der Waals surface area contributed by atoms with Gasteiger partial charge in [-0.05, 0) is 18.5 Å². The molecule has 1 spiro atoms. The number of fused-ring (bicyclic) bond motifs is 6. The van der Waals surface area contributed by atoms with Gasteiger partial charge in [0.05, 0.1) is 37.5 Å². The molecule has 36 heavy (non-hydrogen) atoms. The van der Waals surface area contributed by atoms with Gasteiger partial charge in [-0.1, -0.05) is 0 Å². The predicted octanol–water partition coefficient (Wildman–Crippen LogP) is 0.790. The summed E-state index contributed by atoms with van der Waals surface area (Å²) in [5.41, 5.74) is 5.91. The van der Waals surface area contributed by atoms with Crippen LogP contribution in [0.25, 0.3) is 5.57 Å². The van der Waals surface area contributed by atoms with Gasteiger partial charge in [-0.15, -0.1) is 0 Å². The van der Waals surface area contributed by atoms with Crippen molar-refractivity contribution in [2.75, 3.05) is 41.3 Å². The van der Waals surface area contributed by atoms with E-state index >= 15 is 0 Å². The molecule has 1 aliphatic carbocycles. The van der Waals surface area contributed by atoms with Gasteiger partial charge in [0.1, 0.15) is 5.69 Å². The van der Waals surface area contributed by atoms with Crippen molar-refractivity contribution in [1.82, 2.24) is 19.3 Å². The van der Waals surface area contributed by atoms with Crippen LogP contribution >= 0.6 is 0 Å². The number of amides is 3. The number of quaternary nitrogens is 1. The lowest BCUT2D eigenvalue weighted by Crippen LogP contribution is -2.59. The van der Waals surface area contributed by atoms with Crippen LogP contribution in [0.2, 0.25) is 0 Å². The molecule has 4 N–H and O–H groups in total. The molecule has 11 heteroatoms. The number of carbonyl (C=O) groups is 4. The van der Waals surface area contributed by atoms with Crippen molar-refractivity contribution in [3.63, 3.8) is 0 Å². The van der Waals surface area contributed by atoms with E-state index in [2.05, 4.69) is 4.98 Å². The highest BCUT2D eigenvalue weighted by Crippen LogP contribution is 2.56. The van der Waals surface area contributed by atoms with Crippen molar-refractivity contribution >= 4 is 34.8 Å². The Hall–Kier alpha value is -3.96. The van der Waals surface area contributed by atoms with Gasteiger partial charge in [0.15, 0.2) is 17.3 Å². The average Bonchev–Trinajstić information content (AvgIpc) is 3.44. The van der Waals surface area contributed by atoms with Crippen molar-refractivity contribution in [2.24, 2.45) is 5.73 Å². The fourth-order valence-corrected chi connectivity index (χ4v) is 6.05. The molecule has 2 aromatic rings. The topological polar surface area (TPSA) is 146 Å². The van der Waals surface area contributed by atoms with Crippen molar-refractivity contribution in [2.45, 2.75) is 18.6 Å². The lowest BCUT2D eigenvalue weighted by molar-refractivity contribution is -0.142. The first-order valence-electron chi connectivity index (χ1n) is 11.7. The number of nitrogens with one attached hydrogen (secondary N) is 1. The average molecular weight is 493 g/mol. The molecule has 1 aromatic heterocycles. The number of nitrogens with zero attached hydrogens (tertiary/aromatic N) is 3. The monoisotopic (exact) mass is 492 g/mol. The fraction of sp³-hybridized carbons (Fsp3) is 0.360. The highest BCUT2D eigenvalue weighted by Gasteiger charge is 2.66. The molecule has 4 heterocycles. The molecule has 11 nitrogen and oxygen atoms in total. The third-order valence-electron chi connectivity index (χ3n) is 7.93. The number of phenols is 1. The molecule has 1 saturated heterocycles. The summed E-state index contributed by atoms with van der Waals surface area (Å²) in [4.78, 5) is 59.7. The van der Waals surface area contributed by atoms with Crippen molar-refractivity contribution in [3.8, 4) is 11.5 Å². The Bertz CT molecular complexity index is 1480. The standard InChI is InChI=1S/C25H25N5O6/c1-28-23(34)25(29(2)24(28)35)18-17(21(33)19-15(20(18)32)11(5-7-26)10-27-19)16-12-6-8-30(3,4)13(12)9-14(31)22(16)36-25/h9-10H,5-8,26H2,1-4H3,(H-,27,31,32,33)/p+1/t25-/m1/s1. The van der Waals surface area contributed by atoms with Gasteiger partial charge < -0.3 is 20.6 Å². The normalized spacial score (nSPS) is 23.8. The lowest BCUT2D eigenvalue weighted by Gasteiger charge is -2.41. The smallest absolute Gasteiger partial charge is 0.330 e. The molecule has 0 radical (unpaired) electrons. The van der Waals surface area contributed by atoms with E-state index in [1.807, 2.05) is 14.1 Å². The van der Waals surface area contributed by atoms with Crippen LogP contribution in [0.3, 0.4) is 0 Å². The maximum atomic E-state index is 14.2. The zero-order valence-electron chi connectivity index (χ0n) is 20.4. The molecule has 4 aliphatic rings. The largest absolute Gasteiger partial charge is 0.504 e. The van der Waals surface area contributed by atoms with Gasteiger partial charge in [-0.3, -0.25) is 28.7 Å². The van der Waals surface area contributed by atoms with Crippen LogP contribution in [0.4, 0.5) is 10.5 Å². The molecule has 1 atom stereocenters. The summed E-state index contributed by atoms with van der Waals surface area (Å²) in [6.07, 6.45) is 2.48. The number of rotatable bonds is 2. The molecule has 186 valence electrons. The quantitative estimate of drug-likeness (QED) is 0.415. The molecule has 0 unspecified atom stereocenters. The lowest BCUT2D eigenvalue weighted by atomic mass is 9.75. The van der Waals surface area contributed by atoms with Gasteiger partial charge >= 0.3 is 11.9 Å². The maximum Gasteiger partial charge on any atom is 0.330 e. The third kappa shape index (κ3) is 2.39. The minimum absolute atomic E-state index is 0.0211. The van der Waals surface area contributed by atoms with Crippen molar-refractivity contribution in [1.29, 1.82) is 0 Å². The highest BCUT2D eigenvalue weighted by molar-refractivity contribution is 6.43. The van der Waals surface area contributed by atoms with E-state index < -0.39 is 29.2 Å². The van der Waals surface area contributed by atoms with Crippen LogP contribution in [0, 0.1) is 0 Å². The summed E-state index contributed by atoms with van der Waals surface area (Å²) < 4.78 is 6.70. The molecule has 1 fully saturated rings. The van der Waals surface area contributed by atoms with E-state index in [9.17, 15) is 24.3 Å². The van der Waals surface area contributed by atoms with Crippen LogP contribution in [-0.4, -0.2) is 90.4 Å². The Morgan fingerprint density at radius 1 is 1.17 bits per heavy atom. The van der Waals surface area contributed by atoms with Crippen LogP contribution in [0.15, 0.2) is 17.8 Å². The van der Waals surface area contributed by atoms with Gasteiger partial charge in [-0.25, -0.2) is 4.79 Å². The zero-order chi connectivity index (χ0) is 25.9. The Morgan fingerprint density at radius 3 is 2.53 bits per heavy atom. The minimum Gasteiger partial charge on any atom is -0.504 e. The van der Waals surface area contributed by atoms with E-state index in [-0.39, 0.29) is 40.4 Å². The summed E-state index contributed by atoms with van der Waals surface area (Å²) in [7, 11) is 6.59. The molecule has 3 amide bonds. The van der Waals surface area contributed by atoms with Crippen molar-refractivity contribution < 1.29 is 29.0 Å².